The third kappa shape index (κ3) is 4.27. The van der Waals surface area contributed by atoms with Gasteiger partial charge in [0.2, 0.25) is 0 Å². The van der Waals surface area contributed by atoms with Crippen LogP contribution in [0.25, 0.3) is 0 Å². The van der Waals surface area contributed by atoms with E-state index in [-0.39, 0.29) is 17.7 Å². The van der Waals surface area contributed by atoms with Crippen molar-refractivity contribution in [3.63, 3.8) is 0 Å². The molecule has 1 unspecified atom stereocenters. The minimum absolute atomic E-state index is 0.0445. The second-order valence-electron chi connectivity index (χ2n) is 4.28. The molecular weight excluding hydrogens is 268 g/mol. The maximum Gasteiger partial charge on any atom is 0.260 e. The summed E-state index contributed by atoms with van der Waals surface area (Å²) in [6, 6.07) is 0. The molecule has 0 fully saturated rings. The van der Waals surface area contributed by atoms with Gasteiger partial charge in [0.15, 0.2) is 5.03 Å². The Morgan fingerprint density at radius 3 is 2.74 bits per heavy atom. The molecule has 0 aliphatic heterocycles. The van der Waals surface area contributed by atoms with E-state index in [0.29, 0.717) is 18.7 Å². The van der Waals surface area contributed by atoms with Gasteiger partial charge in [-0.05, 0) is 27.8 Å². The average Bonchev–Trinajstić information content (AvgIpc) is 2.71. The fraction of sp³-hybridized carbons (Fsp3) is 0.727. The van der Waals surface area contributed by atoms with Crippen molar-refractivity contribution in [2.24, 2.45) is 0 Å². The van der Waals surface area contributed by atoms with Gasteiger partial charge in [0.05, 0.1) is 6.10 Å². The van der Waals surface area contributed by atoms with Gasteiger partial charge in [-0.25, -0.2) is 13.1 Å². The number of aryl methyl sites for hydroxylation is 1. The molecule has 0 amide bonds. The molecule has 0 aromatic carbocycles. The number of ether oxygens (including phenoxy) is 1. The molecule has 0 aliphatic rings. The molecule has 0 radical (unpaired) electrons. The summed E-state index contributed by atoms with van der Waals surface area (Å²) in [7, 11) is -1.86. The number of nitrogens with one attached hydrogen (secondary N) is 3. The molecule has 1 aromatic rings. The Morgan fingerprint density at radius 2 is 2.16 bits per heavy atom. The number of aromatic amines is 1. The number of H-pyrrole nitrogens is 1. The highest BCUT2D eigenvalue weighted by Crippen LogP contribution is 2.15. The summed E-state index contributed by atoms with van der Waals surface area (Å²) in [6.45, 7) is 6.70. The van der Waals surface area contributed by atoms with Gasteiger partial charge in [0.25, 0.3) is 10.0 Å². The molecular formula is C11H22N4O3S. The third-order valence-electron chi connectivity index (χ3n) is 2.66. The average molecular weight is 290 g/mol. The van der Waals surface area contributed by atoms with Crippen molar-refractivity contribution in [2.45, 2.75) is 38.4 Å². The zero-order valence-corrected chi connectivity index (χ0v) is 12.6. The number of nitrogens with zero attached hydrogens (tertiary/aromatic N) is 1. The van der Waals surface area contributed by atoms with E-state index >= 15 is 0 Å². The van der Waals surface area contributed by atoms with Gasteiger partial charge < -0.3 is 10.1 Å². The largest absolute Gasteiger partial charge is 0.377 e. The van der Waals surface area contributed by atoms with Crippen LogP contribution < -0.4 is 10.0 Å². The van der Waals surface area contributed by atoms with Crippen molar-refractivity contribution >= 4 is 10.0 Å². The molecule has 19 heavy (non-hydrogen) atoms. The van der Waals surface area contributed by atoms with Crippen LogP contribution >= 0.6 is 0 Å². The molecule has 1 atom stereocenters. The maximum absolute atomic E-state index is 12.2. The van der Waals surface area contributed by atoms with Gasteiger partial charge in [0.1, 0.15) is 0 Å². The molecule has 0 spiro atoms. The van der Waals surface area contributed by atoms with Gasteiger partial charge in [-0.2, -0.15) is 5.10 Å². The van der Waals surface area contributed by atoms with Crippen LogP contribution in [0, 0.1) is 6.92 Å². The normalized spacial score (nSPS) is 13.7. The summed E-state index contributed by atoms with van der Waals surface area (Å²) in [4.78, 5) is 0. The summed E-state index contributed by atoms with van der Waals surface area (Å²) in [6.07, 6.45) is -0.174. The first-order chi connectivity index (χ1) is 8.92. The minimum atomic E-state index is -3.62. The molecule has 3 N–H and O–H groups in total. The van der Waals surface area contributed by atoms with Crippen molar-refractivity contribution in [2.75, 3.05) is 20.2 Å². The minimum Gasteiger partial charge on any atom is -0.377 e. The zero-order chi connectivity index (χ0) is 14.5. The number of hydrogen-bond donors (Lipinski definition) is 3. The van der Waals surface area contributed by atoms with E-state index in [1.165, 1.54) is 0 Å². The van der Waals surface area contributed by atoms with E-state index in [1.54, 1.807) is 14.0 Å². The number of aromatic nitrogens is 2. The predicted octanol–water partition coefficient (Wildman–Crippen LogP) is 0.141. The van der Waals surface area contributed by atoms with Crippen LogP contribution in [0.5, 0.6) is 0 Å². The van der Waals surface area contributed by atoms with Crippen LogP contribution in [-0.4, -0.2) is 44.9 Å². The lowest BCUT2D eigenvalue weighted by Crippen LogP contribution is -2.33. The third-order valence-corrected chi connectivity index (χ3v) is 4.05. The van der Waals surface area contributed by atoms with Gasteiger partial charge in [-0.1, -0.05) is 0 Å². The Labute approximate surface area is 114 Å². The molecule has 1 aromatic heterocycles. The molecule has 1 rings (SSSR count). The Bertz CT molecular complexity index is 498. The second kappa shape index (κ2) is 6.99. The summed E-state index contributed by atoms with van der Waals surface area (Å²) in [5, 5.41) is 9.55. The molecule has 1 heterocycles. The zero-order valence-electron chi connectivity index (χ0n) is 11.8. The molecule has 8 heteroatoms. The lowest BCUT2D eigenvalue weighted by Gasteiger charge is -2.12. The Kier molecular flexibility index (Phi) is 5.92. The Balaban J connectivity index is 2.83. The maximum atomic E-state index is 12.2. The summed E-state index contributed by atoms with van der Waals surface area (Å²) < 4.78 is 32.1. The topological polar surface area (TPSA) is 96.1 Å². The summed E-state index contributed by atoms with van der Waals surface area (Å²) >= 11 is 0. The van der Waals surface area contributed by atoms with E-state index in [4.69, 9.17) is 4.74 Å². The first-order valence-corrected chi connectivity index (χ1v) is 7.70. The highest BCUT2D eigenvalue weighted by molar-refractivity contribution is 7.89. The first-order valence-electron chi connectivity index (χ1n) is 6.22. The number of rotatable bonds is 8. The highest BCUT2D eigenvalue weighted by atomic mass is 32.2. The smallest absolute Gasteiger partial charge is 0.260 e. The first kappa shape index (κ1) is 16.1. The van der Waals surface area contributed by atoms with Gasteiger partial charge >= 0.3 is 0 Å². The Hall–Kier alpha value is -0.960. The van der Waals surface area contributed by atoms with Gasteiger partial charge in [0, 0.05) is 31.0 Å². The summed E-state index contributed by atoms with van der Waals surface area (Å²) in [5.41, 5.74) is 1.40. The monoisotopic (exact) mass is 290 g/mol. The molecule has 0 bridgehead atoms. The predicted molar refractivity (Wildman–Crippen MR) is 72.4 cm³/mol. The van der Waals surface area contributed by atoms with Gasteiger partial charge in [-0.15, -0.1) is 0 Å². The van der Waals surface area contributed by atoms with Crippen LogP contribution in [0.15, 0.2) is 5.03 Å². The highest BCUT2D eigenvalue weighted by Gasteiger charge is 2.23. The molecule has 0 aliphatic carbocycles. The van der Waals surface area contributed by atoms with Crippen molar-refractivity contribution in [3.05, 3.63) is 11.3 Å². The number of hydrogen-bond acceptors (Lipinski definition) is 5. The second-order valence-corrected chi connectivity index (χ2v) is 5.96. The standard InChI is InChI=1S/C11H22N4O3S/c1-5-18-8(2)6-13-19(16,17)11-10(7-12-4)9(3)14-15-11/h8,12-13H,5-7H2,1-4H3,(H,14,15). The van der Waals surface area contributed by atoms with Crippen molar-refractivity contribution in [1.29, 1.82) is 0 Å². The van der Waals surface area contributed by atoms with Crippen LogP contribution in [0.2, 0.25) is 0 Å². The lowest BCUT2D eigenvalue weighted by atomic mass is 10.3. The fourth-order valence-corrected chi connectivity index (χ4v) is 2.98. The van der Waals surface area contributed by atoms with Crippen LogP contribution in [-0.2, 0) is 21.3 Å². The van der Waals surface area contributed by atoms with Gasteiger partial charge in [-0.3, -0.25) is 5.10 Å². The Morgan fingerprint density at radius 1 is 1.47 bits per heavy atom. The molecule has 0 saturated carbocycles. The number of sulfonamides is 1. The van der Waals surface area contributed by atoms with Crippen molar-refractivity contribution in [1.82, 2.24) is 20.2 Å². The molecule has 110 valence electrons. The van der Waals surface area contributed by atoms with E-state index in [1.807, 2.05) is 13.8 Å². The van der Waals surface area contributed by atoms with E-state index in [9.17, 15) is 8.42 Å². The van der Waals surface area contributed by atoms with Crippen LogP contribution in [0.4, 0.5) is 0 Å². The van der Waals surface area contributed by atoms with Crippen LogP contribution in [0.1, 0.15) is 25.1 Å². The van der Waals surface area contributed by atoms with E-state index < -0.39 is 10.0 Å². The lowest BCUT2D eigenvalue weighted by molar-refractivity contribution is 0.0799. The van der Waals surface area contributed by atoms with Crippen molar-refractivity contribution < 1.29 is 13.2 Å². The van der Waals surface area contributed by atoms with E-state index in [2.05, 4.69) is 20.2 Å². The van der Waals surface area contributed by atoms with E-state index in [0.717, 1.165) is 5.69 Å². The SMILES string of the molecule is CCOC(C)CNS(=O)(=O)c1n[nH]c(C)c1CNC. The van der Waals surface area contributed by atoms with Crippen LogP contribution in [0.3, 0.4) is 0 Å². The fourth-order valence-electron chi connectivity index (χ4n) is 1.68. The van der Waals surface area contributed by atoms with Crippen molar-refractivity contribution in [3.8, 4) is 0 Å². The quantitative estimate of drug-likeness (QED) is 0.633. The summed E-state index contributed by atoms with van der Waals surface area (Å²) in [5.74, 6) is 0. The molecule has 0 saturated heterocycles. The molecule has 7 nitrogen and oxygen atoms in total.